The highest BCUT2D eigenvalue weighted by Crippen LogP contribution is 2.29. The zero-order valence-corrected chi connectivity index (χ0v) is 10.3. The van der Waals surface area contributed by atoms with Gasteiger partial charge in [-0.1, -0.05) is 6.07 Å². The molecule has 0 heterocycles. The van der Waals surface area contributed by atoms with Gasteiger partial charge in [0.15, 0.2) is 0 Å². The van der Waals surface area contributed by atoms with Gasteiger partial charge in [0.1, 0.15) is 11.5 Å². The Hall–Kier alpha value is -0.970. The van der Waals surface area contributed by atoms with E-state index in [0.29, 0.717) is 12.2 Å². The summed E-state index contributed by atoms with van der Waals surface area (Å²) in [6, 6.07) is 5.26. The zero-order chi connectivity index (χ0) is 11.3. The molecule has 16 heavy (non-hydrogen) atoms. The molecule has 1 atom stereocenters. The molecule has 0 aliphatic rings. The fraction of sp³-hybridized carbons (Fsp3) is 0.455. The van der Waals surface area contributed by atoms with Crippen LogP contribution in [0.15, 0.2) is 18.2 Å². The Morgan fingerprint density at radius 3 is 2.50 bits per heavy atom. The van der Waals surface area contributed by atoms with Crippen LogP contribution >= 0.6 is 12.4 Å². The zero-order valence-electron chi connectivity index (χ0n) is 9.47. The normalized spacial score (nSPS) is 11.5. The molecule has 1 rings (SSSR count). The highest BCUT2D eigenvalue weighted by atomic mass is 35.5. The van der Waals surface area contributed by atoms with Crippen molar-refractivity contribution in [3.05, 3.63) is 23.8 Å². The second kappa shape index (κ2) is 7.33. The summed E-state index contributed by atoms with van der Waals surface area (Å²) in [5.74, 6) is 1.42. The van der Waals surface area contributed by atoms with E-state index in [1.165, 1.54) is 0 Å². The summed E-state index contributed by atoms with van der Waals surface area (Å²) >= 11 is 0. The van der Waals surface area contributed by atoms with Crippen LogP contribution in [0.5, 0.6) is 11.5 Å². The van der Waals surface area contributed by atoms with E-state index in [9.17, 15) is 0 Å². The van der Waals surface area contributed by atoms with Crippen LogP contribution in [0.4, 0.5) is 0 Å². The molecule has 4 nitrogen and oxygen atoms in total. The maximum Gasteiger partial charge on any atom is 0.127 e. The van der Waals surface area contributed by atoms with Crippen LogP contribution in [0.3, 0.4) is 0 Å². The molecule has 5 heteroatoms. The number of methoxy groups -OCH3 is 2. The van der Waals surface area contributed by atoms with E-state index in [4.69, 9.17) is 20.3 Å². The van der Waals surface area contributed by atoms with Gasteiger partial charge in [0.25, 0.3) is 0 Å². The van der Waals surface area contributed by atoms with Gasteiger partial charge in [0, 0.05) is 24.3 Å². The van der Waals surface area contributed by atoms with Crippen molar-refractivity contribution < 1.29 is 14.6 Å². The summed E-state index contributed by atoms with van der Waals surface area (Å²) in [5.41, 5.74) is 6.77. The average molecular weight is 248 g/mol. The molecule has 92 valence electrons. The van der Waals surface area contributed by atoms with Crippen LogP contribution in [-0.4, -0.2) is 25.9 Å². The lowest BCUT2D eigenvalue weighted by atomic mass is 10.0. The van der Waals surface area contributed by atoms with E-state index in [1.54, 1.807) is 20.3 Å². The lowest BCUT2D eigenvalue weighted by Gasteiger charge is -2.15. The van der Waals surface area contributed by atoms with Crippen molar-refractivity contribution in [3.8, 4) is 11.5 Å². The molecule has 3 N–H and O–H groups in total. The van der Waals surface area contributed by atoms with Gasteiger partial charge in [-0.15, -0.1) is 12.4 Å². The van der Waals surface area contributed by atoms with E-state index in [2.05, 4.69) is 0 Å². The molecule has 0 saturated heterocycles. The number of hydrogen-bond acceptors (Lipinski definition) is 4. The van der Waals surface area contributed by atoms with Gasteiger partial charge in [0.2, 0.25) is 0 Å². The Labute approximate surface area is 102 Å². The van der Waals surface area contributed by atoms with Gasteiger partial charge in [-0.2, -0.15) is 0 Å². The second-order valence-corrected chi connectivity index (χ2v) is 3.23. The van der Waals surface area contributed by atoms with E-state index in [0.717, 1.165) is 11.3 Å². The summed E-state index contributed by atoms with van der Waals surface area (Å²) in [6.07, 6.45) is 0.517. The molecule has 0 radical (unpaired) electrons. The van der Waals surface area contributed by atoms with Crippen molar-refractivity contribution >= 4 is 12.4 Å². The highest BCUT2D eigenvalue weighted by molar-refractivity contribution is 5.85. The number of halogens is 1. The average Bonchev–Trinajstić information content (AvgIpc) is 2.28. The first-order valence-electron chi connectivity index (χ1n) is 4.81. The maximum atomic E-state index is 8.82. The minimum absolute atomic E-state index is 0. The van der Waals surface area contributed by atoms with Crippen molar-refractivity contribution in [1.82, 2.24) is 0 Å². The van der Waals surface area contributed by atoms with Gasteiger partial charge < -0.3 is 20.3 Å². The first kappa shape index (κ1) is 15.0. The van der Waals surface area contributed by atoms with Crippen molar-refractivity contribution in [2.24, 2.45) is 5.73 Å². The first-order chi connectivity index (χ1) is 7.22. The Bertz CT molecular complexity index is 320. The minimum Gasteiger partial charge on any atom is -0.497 e. The summed E-state index contributed by atoms with van der Waals surface area (Å²) in [4.78, 5) is 0. The van der Waals surface area contributed by atoms with Gasteiger partial charge in [-0.3, -0.25) is 0 Å². The number of rotatable bonds is 5. The number of benzene rings is 1. The lowest BCUT2D eigenvalue weighted by molar-refractivity contribution is 0.275. The van der Waals surface area contributed by atoms with Crippen LogP contribution in [-0.2, 0) is 0 Å². The second-order valence-electron chi connectivity index (χ2n) is 3.23. The van der Waals surface area contributed by atoms with E-state index in [-0.39, 0.29) is 25.1 Å². The van der Waals surface area contributed by atoms with Crippen molar-refractivity contribution in [3.63, 3.8) is 0 Å². The molecule has 0 aliphatic carbocycles. The summed E-state index contributed by atoms with van der Waals surface area (Å²) in [7, 11) is 3.19. The highest BCUT2D eigenvalue weighted by Gasteiger charge is 2.12. The van der Waals surface area contributed by atoms with E-state index in [1.807, 2.05) is 12.1 Å². The van der Waals surface area contributed by atoms with Crippen molar-refractivity contribution in [1.29, 1.82) is 0 Å². The van der Waals surface area contributed by atoms with Gasteiger partial charge in [-0.05, 0) is 12.5 Å². The summed E-state index contributed by atoms with van der Waals surface area (Å²) in [5, 5.41) is 8.82. The molecule has 0 bridgehead atoms. The first-order valence-corrected chi connectivity index (χ1v) is 4.81. The van der Waals surface area contributed by atoms with Gasteiger partial charge in [0.05, 0.1) is 14.2 Å². The predicted molar refractivity (Wildman–Crippen MR) is 65.4 cm³/mol. The Morgan fingerprint density at radius 1 is 1.31 bits per heavy atom. The molecule has 1 aromatic rings. The lowest BCUT2D eigenvalue weighted by Crippen LogP contribution is -2.13. The van der Waals surface area contributed by atoms with Crippen LogP contribution in [0.25, 0.3) is 0 Å². The van der Waals surface area contributed by atoms with Gasteiger partial charge >= 0.3 is 0 Å². The third-order valence-electron chi connectivity index (χ3n) is 2.28. The fourth-order valence-electron chi connectivity index (χ4n) is 1.42. The third kappa shape index (κ3) is 3.56. The standard InChI is InChI=1S/C11H17NO3.ClH/c1-14-8-3-4-9(10(12)5-6-13)11(7-8)15-2;/h3-4,7,10,13H,5-6,12H2,1-2H3;1H/t10-;/m1./s1. The SMILES string of the molecule is COc1ccc([C@H](N)CCO)c(OC)c1.Cl. The predicted octanol–water partition coefficient (Wildman–Crippen LogP) is 1.51. The van der Waals surface area contributed by atoms with Crippen LogP contribution in [0.1, 0.15) is 18.0 Å². The minimum atomic E-state index is -0.212. The smallest absolute Gasteiger partial charge is 0.127 e. The fourth-order valence-corrected chi connectivity index (χ4v) is 1.42. The Kier molecular flexibility index (Phi) is 6.88. The number of nitrogens with two attached hydrogens (primary N) is 1. The van der Waals surface area contributed by atoms with Crippen molar-refractivity contribution in [2.75, 3.05) is 20.8 Å². The molecule has 0 amide bonds. The molecular weight excluding hydrogens is 230 g/mol. The van der Waals surface area contributed by atoms with Gasteiger partial charge in [-0.25, -0.2) is 0 Å². The molecular formula is C11H18ClNO3. The maximum absolute atomic E-state index is 8.82. The quantitative estimate of drug-likeness (QED) is 0.828. The molecule has 0 spiro atoms. The molecule has 0 unspecified atom stereocenters. The molecule has 0 saturated carbocycles. The molecule has 0 aromatic heterocycles. The Morgan fingerprint density at radius 2 is 2.00 bits per heavy atom. The molecule has 0 aliphatic heterocycles. The van der Waals surface area contributed by atoms with E-state index >= 15 is 0 Å². The number of aliphatic hydroxyl groups excluding tert-OH is 1. The largest absolute Gasteiger partial charge is 0.497 e. The molecule has 1 aromatic carbocycles. The number of ether oxygens (including phenoxy) is 2. The summed E-state index contributed by atoms with van der Waals surface area (Å²) in [6.45, 7) is 0.0658. The van der Waals surface area contributed by atoms with E-state index < -0.39 is 0 Å². The van der Waals surface area contributed by atoms with Crippen LogP contribution in [0, 0.1) is 0 Å². The Balaban J connectivity index is 0.00000225. The summed E-state index contributed by atoms with van der Waals surface area (Å²) < 4.78 is 10.3. The van der Waals surface area contributed by atoms with Crippen molar-refractivity contribution in [2.45, 2.75) is 12.5 Å². The van der Waals surface area contributed by atoms with Crippen LogP contribution < -0.4 is 15.2 Å². The monoisotopic (exact) mass is 247 g/mol. The number of aliphatic hydroxyl groups is 1. The van der Waals surface area contributed by atoms with Crippen LogP contribution in [0.2, 0.25) is 0 Å². The topological polar surface area (TPSA) is 64.7 Å². The molecule has 0 fully saturated rings. The third-order valence-corrected chi connectivity index (χ3v) is 2.28. The number of hydrogen-bond donors (Lipinski definition) is 2.